The summed E-state index contributed by atoms with van der Waals surface area (Å²) in [6.45, 7) is 2.44. The molecule has 3 rings (SSSR count). The van der Waals surface area contributed by atoms with Crippen LogP contribution in [0.2, 0.25) is 5.02 Å². The van der Waals surface area contributed by atoms with Crippen LogP contribution < -0.4 is 4.90 Å². The summed E-state index contributed by atoms with van der Waals surface area (Å²) >= 11 is 5.96. The summed E-state index contributed by atoms with van der Waals surface area (Å²) in [4.78, 5) is 32.4. The average molecular weight is 360 g/mol. The van der Waals surface area contributed by atoms with Crippen molar-refractivity contribution in [3.63, 3.8) is 0 Å². The van der Waals surface area contributed by atoms with Gasteiger partial charge in [0.1, 0.15) is 5.82 Å². The maximum Gasteiger partial charge on any atom is 0.338 e. The molecule has 1 amide bonds. The molecule has 0 N–H and O–H groups in total. The van der Waals surface area contributed by atoms with Gasteiger partial charge >= 0.3 is 5.97 Å². The van der Waals surface area contributed by atoms with Crippen LogP contribution in [0.25, 0.3) is 0 Å². The van der Waals surface area contributed by atoms with Crippen LogP contribution in [0.3, 0.4) is 0 Å². The number of hydrogen-bond acceptors (Lipinski definition) is 5. The van der Waals surface area contributed by atoms with Crippen LogP contribution in [0, 0.1) is 0 Å². The van der Waals surface area contributed by atoms with E-state index in [0.717, 1.165) is 0 Å². The highest BCUT2D eigenvalue weighted by Gasteiger charge is 2.23. The van der Waals surface area contributed by atoms with Crippen molar-refractivity contribution in [2.24, 2.45) is 0 Å². The van der Waals surface area contributed by atoms with Crippen LogP contribution in [-0.2, 0) is 4.74 Å². The Morgan fingerprint density at radius 1 is 1.08 bits per heavy atom. The molecule has 0 unspecified atom stereocenters. The largest absolute Gasteiger partial charge is 0.465 e. The number of carbonyl (C=O) groups excluding carboxylic acids is 2. The van der Waals surface area contributed by atoms with Gasteiger partial charge in [-0.05, 0) is 30.3 Å². The SMILES string of the molecule is COC(=O)c1ccnc(N2CCN(C(=O)c3cccc(Cl)c3)CC2)c1. The van der Waals surface area contributed by atoms with Crippen LogP contribution in [-0.4, -0.2) is 55.0 Å². The van der Waals surface area contributed by atoms with Gasteiger partial charge in [-0.25, -0.2) is 9.78 Å². The molecule has 25 heavy (non-hydrogen) atoms. The lowest BCUT2D eigenvalue weighted by atomic mass is 10.1. The Morgan fingerprint density at radius 2 is 1.84 bits per heavy atom. The number of anilines is 1. The average Bonchev–Trinajstić information content (AvgIpc) is 2.67. The molecule has 2 aromatic rings. The van der Waals surface area contributed by atoms with Crippen LogP contribution >= 0.6 is 11.6 Å². The first-order valence-electron chi connectivity index (χ1n) is 7.92. The lowest BCUT2D eigenvalue weighted by Gasteiger charge is -2.35. The second-order valence-electron chi connectivity index (χ2n) is 5.68. The Kier molecular flexibility index (Phi) is 5.19. The van der Waals surface area contributed by atoms with Gasteiger partial charge in [-0.1, -0.05) is 17.7 Å². The van der Waals surface area contributed by atoms with E-state index in [2.05, 4.69) is 4.98 Å². The molecule has 0 aliphatic carbocycles. The molecule has 130 valence electrons. The second kappa shape index (κ2) is 7.53. The number of halogens is 1. The summed E-state index contributed by atoms with van der Waals surface area (Å²) in [7, 11) is 1.35. The number of methoxy groups -OCH3 is 1. The lowest BCUT2D eigenvalue weighted by molar-refractivity contribution is 0.0600. The molecular weight excluding hydrogens is 342 g/mol. The summed E-state index contributed by atoms with van der Waals surface area (Å²) in [5, 5.41) is 0.549. The van der Waals surface area contributed by atoms with Gasteiger partial charge in [-0.2, -0.15) is 0 Å². The van der Waals surface area contributed by atoms with Gasteiger partial charge in [0.15, 0.2) is 0 Å². The Labute approximate surface area is 151 Å². The topological polar surface area (TPSA) is 62.7 Å². The number of hydrogen-bond donors (Lipinski definition) is 0. The molecule has 1 aliphatic heterocycles. The highest BCUT2D eigenvalue weighted by molar-refractivity contribution is 6.30. The number of carbonyl (C=O) groups is 2. The van der Waals surface area contributed by atoms with Crippen molar-refractivity contribution < 1.29 is 14.3 Å². The minimum atomic E-state index is -0.390. The number of ether oxygens (including phenoxy) is 1. The van der Waals surface area contributed by atoms with E-state index in [1.54, 1.807) is 47.5 Å². The molecule has 1 aromatic heterocycles. The molecule has 2 heterocycles. The van der Waals surface area contributed by atoms with Crippen molar-refractivity contribution in [2.75, 3.05) is 38.2 Å². The second-order valence-corrected chi connectivity index (χ2v) is 6.12. The molecule has 1 saturated heterocycles. The Morgan fingerprint density at radius 3 is 2.52 bits per heavy atom. The number of benzene rings is 1. The zero-order valence-electron chi connectivity index (χ0n) is 13.8. The third-order valence-corrected chi connectivity index (χ3v) is 4.36. The normalized spacial score (nSPS) is 14.3. The van der Waals surface area contributed by atoms with Crippen molar-refractivity contribution >= 4 is 29.3 Å². The molecular formula is C18H18ClN3O3. The summed E-state index contributed by atoms with van der Waals surface area (Å²) in [6.07, 6.45) is 1.59. The van der Waals surface area contributed by atoms with Gasteiger partial charge in [0.2, 0.25) is 0 Å². The molecule has 7 heteroatoms. The zero-order valence-corrected chi connectivity index (χ0v) is 14.6. The van der Waals surface area contributed by atoms with E-state index in [9.17, 15) is 9.59 Å². The van der Waals surface area contributed by atoms with Gasteiger partial charge < -0.3 is 14.5 Å². The number of piperazine rings is 1. The summed E-state index contributed by atoms with van der Waals surface area (Å²) in [5.74, 6) is 0.287. The maximum absolute atomic E-state index is 12.5. The molecule has 1 aromatic carbocycles. The van der Waals surface area contributed by atoms with Gasteiger partial charge in [0.25, 0.3) is 5.91 Å². The van der Waals surface area contributed by atoms with E-state index >= 15 is 0 Å². The number of aromatic nitrogens is 1. The molecule has 0 atom stereocenters. The van der Waals surface area contributed by atoms with Crippen molar-refractivity contribution in [2.45, 2.75) is 0 Å². The summed E-state index contributed by atoms with van der Waals surface area (Å²) < 4.78 is 4.74. The molecule has 0 spiro atoms. The molecule has 6 nitrogen and oxygen atoms in total. The van der Waals surface area contributed by atoms with E-state index in [0.29, 0.717) is 48.1 Å². The first-order chi connectivity index (χ1) is 12.1. The maximum atomic E-state index is 12.5. The van der Waals surface area contributed by atoms with Gasteiger partial charge in [0, 0.05) is 43.0 Å². The van der Waals surface area contributed by atoms with E-state index in [-0.39, 0.29) is 5.91 Å². The predicted octanol–water partition coefficient (Wildman–Crippen LogP) is 2.48. The molecule has 0 radical (unpaired) electrons. The molecule has 0 bridgehead atoms. The van der Waals surface area contributed by atoms with Crippen molar-refractivity contribution in [1.82, 2.24) is 9.88 Å². The zero-order chi connectivity index (χ0) is 17.8. The highest BCUT2D eigenvalue weighted by Crippen LogP contribution is 2.18. The van der Waals surface area contributed by atoms with Crippen molar-refractivity contribution in [3.8, 4) is 0 Å². The van der Waals surface area contributed by atoms with Gasteiger partial charge in [-0.3, -0.25) is 4.79 Å². The van der Waals surface area contributed by atoms with Crippen molar-refractivity contribution in [1.29, 1.82) is 0 Å². The molecule has 1 aliphatic rings. The smallest absolute Gasteiger partial charge is 0.338 e. The van der Waals surface area contributed by atoms with E-state index in [1.165, 1.54) is 7.11 Å². The van der Waals surface area contributed by atoms with E-state index in [1.807, 2.05) is 4.90 Å². The minimum Gasteiger partial charge on any atom is -0.465 e. The summed E-state index contributed by atoms with van der Waals surface area (Å²) in [6, 6.07) is 10.3. The number of rotatable bonds is 3. The van der Waals surface area contributed by atoms with Crippen molar-refractivity contribution in [3.05, 3.63) is 58.7 Å². The first kappa shape index (κ1) is 17.2. The fourth-order valence-corrected chi connectivity index (χ4v) is 2.97. The van der Waals surface area contributed by atoms with Crippen LogP contribution in [0.4, 0.5) is 5.82 Å². The Bertz CT molecular complexity index is 789. The molecule has 1 fully saturated rings. The third-order valence-electron chi connectivity index (χ3n) is 4.13. The third kappa shape index (κ3) is 3.91. The number of amides is 1. The van der Waals surface area contributed by atoms with Gasteiger partial charge in [0.05, 0.1) is 12.7 Å². The fraction of sp³-hybridized carbons (Fsp3) is 0.278. The van der Waals surface area contributed by atoms with E-state index in [4.69, 9.17) is 16.3 Å². The number of nitrogens with zero attached hydrogens (tertiary/aromatic N) is 3. The Balaban J connectivity index is 1.66. The Hall–Kier alpha value is -2.60. The quantitative estimate of drug-likeness (QED) is 0.788. The highest BCUT2D eigenvalue weighted by atomic mass is 35.5. The minimum absolute atomic E-state index is 0.0292. The predicted molar refractivity (Wildman–Crippen MR) is 95.1 cm³/mol. The number of pyridine rings is 1. The first-order valence-corrected chi connectivity index (χ1v) is 8.30. The molecule has 0 saturated carbocycles. The standard InChI is InChI=1S/C18H18ClN3O3/c1-25-18(24)14-5-6-20-16(12-14)21-7-9-22(10-8-21)17(23)13-3-2-4-15(19)11-13/h2-6,11-12H,7-10H2,1H3. The number of esters is 1. The van der Waals surface area contributed by atoms with Crippen LogP contribution in [0.15, 0.2) is 42.6 Å². The summed E-state index contributed by atoms with van der Waals surface area (Å²) in [5.41, 5.74) is 1.05. The fourth-order valence-electron chi connectivity index (χ4n) is 2.78. The van der Waals surface area contributed by atoms with Crippen LogP contribution in [0.1, 0.15) is 20.7 Å². The van der Waals surface area contributed by atoms with Crippen LogP contribution in [0.5, 0.6) is 0 Å². The lowest BCUT2D eigenvalue weighted by Crippen LogP contribution is -2.49. The monoisotopic (exact) mass is 359 g/mol. The van der Waals surface area contributed by atoms with Gasteiger partial charge in [-0.15, -0.1) is 0 Å². The van der Waals surface area contributed by atoms with E-state index < -0.39 is 5.97 Å².